The van der Waals surface area contributed by atoms with Crippen LogP contribution in [0.3, 0.4) is 0 Å². The van der Waals surface area contributed by atoms with Crippen molar-refractivity contribution in [1.82, 2.24) is 0 Å². The zero-order valence-corrected chi connectivity index (χ0v) is 19.2. The summed E-state index contributed by atoms with van der Waals surface area (Å²) in [6.07, 6.45) is 3.04. The molecule has 4 aliphatic carbocycles. The molecule has 31 heavy (non-hydrogen) atoms. The van der Waals surface area contributed by atoms with Gasteiger partial charge in [-0.25, -0.2) is 4.79 Å². The van der Waals surface area contributed by atoms with Gasteiger partial charge in [0, 0.05) is 11.5 Å². The average Bonchev–Trinajstić information content (AvgIpc) is 3.23. The first-order chi connectivity index (χ1) is 14.4. The number of carbonyl (C=O) groups excluding carboxylic acids is 2. The highest BCUT2D eigenvalue weighted by Crippen LogP contribution is 2.71. The molecule has 1 spiro atoms. The highest BCUT2D eigenvalue weighted by molar-refractivity contribution is 5.95. The zero-order valence-electron chi connectivity index (χ0n) is 19.2. The van der Waals surface area contributed by atoms with Crippen molar-refractivity contribution < 1.29 is 29.6 Å². The molecule has 2 fully saturated rings. The second-order valence-electron chi connectivity index (χ2n) is 10.6. The molecule has 1 unspecified atom stereocenters. The van der Waals surface area contributed by atoms with E-state index in [0.29, 0.717) is 17.1 Å². The molecule has 4 aliphatic rings. The van der Waals surface area contributed by atoms with Gasteiger partial charge in [-0.1, -0.05) is 39.0 Å². The Morgan fingerprint density at radius 1 is 1.35 bits per heavy atom. The molecule has 0 heterocycles. The molecule has 0 radical (unpaired) electrons. The Morgan fingerprint density at radius 3 is 2.58 bits per heavy atom. The van der Waals surface area contributed by atoms with Crippen LogP contribution in [0.1, 0.15) is 48.0 Å². The summed E-state index contributed by atoms with van der Waals surface area (Å²) in [6, 6.07) is 0. The normalized spacial score (nSPS) is 45.6. The van der Waals surface area contributed by atoms with Crippen LogP contribution in [0.2, 0.25) is 0 Å². The van der Waals surface area contributed by atoms with Crippen LogP contribution in [-0.2, 0) is 14.3 Å². The third kappa shape index (κ3) is 2.61. The molecule has 4 rings (SSSR count). The van der Waals surface area contributed by atoms with E-state index in [0.717, 1.165) is 6.42 Å². The fourth-order valence-electron chi connectivity index (χ4n) is 6.89. The maximum atomic E-state index is 14.2. The van der Waals surface area contributed by atoms with Crippen LogP contribution in [0.15, 0.2) is 34.9 Å². The molecule has 0 amide bonds. The number of esters is 1. The smallest absolute Gasteiger partial charge is 0.334 e. The van der Waals surface area contributed by atoms with E-state index in [1.165, 1.54) is 0 Å². The van der Waals surface area contributed by atoms with Crippen molar-refractivity contribution in [3.05, 3.63) is 34.9 Å². The number of aliphatic hydroxyl groups is 3. The van der Waals surface area contributed by atoms with Crippen LogP contribution in [0.25, 0.3) is 0 Å². The number of ether oxygens (including phenoxy) is 1. The maximum absolute atomic E-state index is 14.2. The molecule has 0 saturated heterocycles. The zero-order chi connectivity index (χ0) is 23.1. The summed E-state index contributed by atoms with van der Waals surface area (Å²) in [5.74, 6) is -1.18. The monoisotopic (exact) mass is 430 g/mol. The summed E-state index contributed by atoms with van der Waals surface area (Å²) >= 11 is 0. The van der Waals surface area contributed by atoms with Crippen molar-refractivity contribution in [3.63, 3.8) is 0 Å². The lowest BCUT2D eigenvalue weighted by molar-refractivity contribution is -0.202. The first kappa shape index (κ1) is 22.4. The van der Waals surface area contributed by atoms with E-state index in [2.05, 4.69) is 13.8 Å². The first-order valence-electron chi connectivity index (χ1n) is 11.2. The minimum Gasteiger partial charge on any atom is -0.451 e. The molecule has 6 heteroatoms. The van der Waals surface area contributed by atoms with Gasteiger partial charge in [-0.15, -0.1) is 0 Å². The van der Waals surface area contributed by atoms with Crippen LogP contribution in [0.4, 0.5) is 0 Å². The number of ketones is 1. The fourth-order valence-corrected chi connectivity index (χ4v) is 6.89. The molecular weight excluding hydrogens is 396 g/mol. The summed E-state index contributed by atoms with van der Waals surface area (Å²) < 4.78 is 5.77. The summed E-state index contributed by atoms with van der Waals surface area (Å²) in [4.78, 5) is 26.9. The van der Waals surface area contributed by atoms with Gasteiger partial charge in [-0.05, 0) is 61.5 Å². The Kier molecular flexibility index (Phi) is 4.97. The Balaban J connectivity index is 1.96. The van der Waals surface area contributed by atoms with Gasteiger partial charge in [0.1, 0.15) is 6.10 Å². The number of hydrogen-bond donors (Lipinski definition) is 3. The Hall–Kier alpha value is -1.76. The maximum Gasteiger partial charge on any atom is 0.334 e. The standard InChI is InChI=1S/C25H34O6/c1-7-12(2)22(29)31-21-15(11-26)9-16-18-17(23(18,5)6)8-14(4)24(20(16)28)10-13(3)19(27)25(21,24)30/h7,9-10,14,16-19,21,26-27,30H,8,11H2,1-6H3/b12-7-/t14-,16+,17-,18+,19+,21-,24?,25-/m1/s1. The SMILES string of the molecule is C/C=C(/C)C(=O)O[C@@H]1C(CO)=C[C@@H]2C(=O)C3(C=C(C)[C@H](O)[C@@]13O)[C@H](C)C[C@@H]1[C@H]2C1(C)C. The molecule has 8 atom stereocenters. The van der Waals surface area contributed by atoms with Crippen molar-refractivity contribution in [2.45, 2.75) is 65.8 Å². The van der Waals surface area contributed by atoms with Crippen LogP contribution < -0.4 is 0 Å². The topological polar surface area (TPSA) is 104 Å². The predicted octanol–water partition coefficient (Wildman–Crippen LogP) is 2.33. The third-order valence-electron chi connectivity index (χ3n) is 8.88. The van der Waals surface area contributed by atoms with Gasteiger partial charge in [0.15, 0.2) is 17.5 Å². The highest BCUT2D eigenvalue weighted by Gasteiger charge is 2.76. The van der Waals surface area contributed by atoms with Crippen LogP contribution >= 0.6 is 0 Å². The molecule has 0 aromatic heterocycles. The summed E-state index contributed by atoms with van der Waals surface area (Å²) in [5.41, 5.74) is -2.40. The number of allylic oxidation sites excluding steroid dienone is 2. The quantitative estimate of drug-likeness (QED) is 0.361. The second kappa shape index (κ2) is 6.87. The second-order valence-corrected chi connectivity index (χ2v) is 10.6. The average molecular weight is 431 g/mol. The molecule has 6 nitrogen and oxygen atoms in total. The van der Waals surface area contributed by atoms with Crippen molar-refractivity contribution in [2.24, 2.45) is 34.5 Å². The predicted molar refractivity (Wildman–Crippen MR) is 115 cm³/mol. The molecule has 2 bridgehead atoms. The largest absolute Gasteiger partial charge is 0.451 e. The van der Waals surface area contributed by atoms with Gasteiger partial charge in [0.25, 0.3) is 0 Å². The fraction of sp³-hybridized carbons (Fsp3) is 0.680. The van der Waals surface area contributed by atoms with Crippen molar-refractivity contribution in [2.75, 3.05) is 6.61 Å². The van der Waals surface area contributed by atoms with Crippen molar-refractivity contribution in [1.29, 1.82) is 0 Å². The van der Waals surface area contributed by atoms with E-state index in [4.69, 9.17) is 4.74 Å². The molecule has 3 N–H and O–H groups in total. The lowest BCUT2D eigenvalue weighted by Gasteiger charge is -2.49. The third-order valence-corrected chi connectivity index (χ3v) is 8.88. The van der Waals surface area contributed by atoms with Crippen LogP contribution in [0.5, 0.6) is 0 Å². The van der Waals surface area contributed by atoms with Gasteiger partial charge >= 0.3 is 5.97 Å². The summed E-state index contributed by atoms with van der Waals surface area (Å²) in [7, 11) is 0. The molecule has 2 saturated carbocycles. The van der Waals surface area contributed by atoms with Crippen molar-refractivity contribution >= 4 is 11.8 Å². The van der Waals surface area contributed by atoms with Crippen LogP contribution in [-0.4, -0.2) is 51.5 Å². The first-order valence-corrected chi connectivity index (χ1v) is 11.2. The van der Waals surface area contributed by atoms with E-state index in [9.17, 15) is 24.9 Å². The van der Waals surface area contributed by atoms with E-state index in [1.807, 2.05) is 6.92 Å². The van der Waals surface area contributed by atoms with Crippen molar-refractivity contribution in [3.8, 4) is 0 Å². The van der Waals surface area contributed by atoms with Crippen LogP contribution in [0, 0.1) is 34.5 Å². The Morgan fingerprint density at radius 2 is 2.00 bits per heavy atom. The van der Waals surface area contributed by atoms with Gasteiger partial charge in [0.05, 0.1) is 12.0 Å². The summed E-state index contributed by atoms with van der Waals surface area (Å²) in [6.45, 7) is 10.8. The molecule has 0 aliphatic heterocycles. The minimum absolute atomic E-state index is 0.0284. The molecular formula is C25H34O6. The number of rotatable bonds is 3. The number of fused-ring (bicyclic) bond motifs is 3. The van der Waals surface area contributed by atoms with E-state index < -0.39 is 41.7 Å². The number of Topliss-reactive ketones (excluding diaryl/α,β-unsaturated/α-hetero) is 1. The molecule has 0 aromatic carbocycles. The van der Waals surface area contributed by atoms with E-state index in [-0.39, 0.29) is 28.6 Å². The number of carbonyl (C=O) groups is 2. The lowest BCUT2D eigenvalue weighted by atomic mass is 9.59. The van der Waals surface area contributed by atoms with E-state index >= 15 is 0 Å². The molecule has 170 valence electrons. The molecule has 0 aromatic rings. The summed E-state index contributed by atoms with van der Waals surface area (Å²) in [5, 5.41) is 33.7. The van der Waals surface area contributed by atoms with Gasteiger partial charge < -0.3 is 20.1 Å². The van der Waals surface area contributed by atoms with E-state index in [1.54, 1.807) is 39.0 Å². The lowest BCUT2D eigenvalue weighted by Crippen LogP contribution is -2.66. The number of hydrogen-bond acceptors (Lipinski definition) is 6. The van der Waals surface area contributed by atoms with Gasteiger partial charge in [-0.2, -0.15) is 0 Å². The van der Waals surface area contributed by atoms with Gasteiger partial charge in [-0.3, -0.25) is 4.79 Å². The number of aliphatic hydroxyl groups excluding tert-OH is 2. The minimum atomic E-state index is -2.08. The van der Waals surface area contributed by atoms with Gasteiger partial charge in [0.2, 0.25) is 0 Å². The Labute approximate surface area is 183 Å². The Bertz CT molecular complexity index is 926. The highest BCUT2D eigenvalue weighted by atomic mass is 16.6.